The van der Waals surface area contributed by atoms with Crippen molar-refractivity contribution >= 4 is 22.9 Å². The van der Waals surface area contributed by atoms with Crippen molar-refractivity contribution in [3.63, 3.8) is 0 Å². The van der Waals surface area contributed by atoms with Crippen molar-refractivity contribution in [3.8, 4) is 0 Å². The van der Waals surface area contributed by atoms with Crippen molar-refractivity contribution in [1.82, 2.24) is 0 Å². The second-order valence-electron chi connectivity index (χ2n) is 4.50. The Balaban J connectivity index is 2.34. The Labute approximate surface area is 112 Å². The maximum atomic E-state index is 3.51. The number of anilines is 1. The fourth-order valence-corrected chi connectivity index (χ4v) is 2.90. The van der Waals surface area contributed by atoms with Crippen LogP contribution in [0.4, 0.5) is 5.69 Å². The van der Waals surface area contributed by atoms with Gasteiger partial charge in [0.25, 0.3) is 5.84 Å². The minimum absolute atomic E-state index is 1.06. The Morgan fingerprint density at radius 3 is 2.33 bits per heavy atom. The van der Waals surface area contributed by atoms with E-state index in [-0.39, 0.29) is 0 Å². The molecule has 2 N–H and O–H groups in total. The smallest absolute Gasteiger partial charge is 0.276 e. The van der Waals surface area contributed by atoms with Gasteiger partial charge < -0.3 is 0 Å². The lowest BCUT2D eigenvalue weighted by atomic mass is 10.1. The first-order valence-corrected chi connectivity index (χ1v) is 6.93. The fourth-order valence-electron chi connectivity index (χ4n) is 2.17. The highest BCUT2D eigenvalue weighted by atomic mass is 32.1. The molecule has 3 heteroatoms. The van der Waals surface area contributed by atoms with Crippen molar-refractivity contribution in [2.24, 2.45) is 0 Å². The molecule has 0 aliphatic carbocycles. The van der Waals surface area contributed by atoms with Crippen LogP contribution in [0.25, 0.3) is 0 Å². The number of hydrogen-bond donors (Lipinski definition) is 2. The third-order valence-electron chi connectivity index (χ3n) is 2.94. The zero-order valence-electron chi connectivity index (χ0n) is 11.3. The molecule has 0 radical (unpaired) electrons. The van der Waals surface area contributed by atoms with Gasteiger partial charge in [-0.15, -0.1) is 11.3 Å². The van der Waals surface area contributed by atoms with Crippen LogP contribution in [0.5, 0.6) is 0 Å². The van der Waals surface area contributed by atoms with Crippen molar-refractivity contribution in [2.45, 2.75) is 20.8 Å². The summed E-state index contributed by atoms with van der Waals surface area (Å²) in [5.41, 5.74) is 5.05. The van der Waals surface area contributed by atoms with E-state index in [0.29, 0.717) is 0 Å². The third kappa shape index (κ3) is 2.62. The van der Waals surface area contributed by atoms with Gasteiger partial charge in [-0.1, -0.05) is 23.8 Å². The summed E-state index contributed by atoms with van der Waals surface area (Å²) < 4.78 is 0. The van der Waals surface area contributed by atoms with Gasteiger partial charge in [-0.2, -0.15) is 0 Å². The summed E-state index contributed by atoms with van der Waals surface area (Å²) in [7, 11) is 1.95. The number of aryl methyl sites for hydroxylation is 3. The Bertz CT molecular complexity index is 545. The van der Waals surface area contributed by atoms with Gasteiger partial charge in [0, 0.05) is 0 Å². The second-order valence-corrected chi connectivity index (χ2v) is 5.45. The van der Waals surface area contributed by atoms with Crippen LogP contribution in [0.3, 0.4) is 0 Å². The van der Waals surface area contributed by atoms with Crippen molar-refractivity contribution in [2.75, 3.05) is 12.4 Å². The van der Waals surface area contributed by atoms with E-state index in [1.54, 1.807) is 11.3 Å². The first-order valence-electron chi connectivity index (χ1n) is 6.05. The fraction of sp³-hybridized carbons (Fsp3) is 0.267. The highest BCUT2D eigenvalue weighted by Gasteiger charge is 2.15. The molecule has 18 heavy (non-hydrogen) atoms. The summed E-state index contributed by atoms with van der Waals surface area (Å²) in [6.07, 6.45) is 0. The number of thiophene rings is 1. The van der Waals surface area contributed by atoms with Gasteiger partial charge in [0.05, 0.1) is 7.05 Å². The summed E-state index contributed by atoms with van der Waals surface area (Å²) in [6.45, 7) is 6.42. The van der Waals surface area contributed by atoms with E-state index in [2.05, 4.69) is 60.7 Å². The van der Waals surface area contributed by atoms with Crippen LogP contribution in [0.15, 0.2) is 29.6 Å². The number of rotatable bonds is 2. The molecule has 0 unspecified atom stereocenters. The number of benzene rings is 1. The molecule has 1 aromatic heterocycles. The highest BCUT2D eigenvalue weighted by molar-refractivity contribution is 7.12. The van der Waals surface area contributed by atoms with Gasteiger partial charge in [0.15, 0.2) is 0 Å². The van der Waals surface area contributed by atoms with E-state index in [1.165, 1.54) is 27.3 Å². The molecule has 0 bridgehead atoms. The normalized spacial score (nSPS) is 11.7. The lowest BCUT2D eigenvalue weighted by Gasteiger charge is -2.09. The molecule has 2 aromatic rings. The molecule has 1 aromatic carbocycles. The van der Waals surface area contributed by atoms with E-state index in [1.807, 2.05) is 7.05 Å². The van der Waals surface area contributed by atoms with E-state index < -0.39 is 0 Å². The topological polar surface area (TPSA) is 26.0 Å². The van der Waals surface area contributed by atoms with Crippen LogP contribution >= 0.6 is 11.3 Å². The predicted molar refractivity (Wildman–Crippen MR) is 79.6 cm³/mol. The molecule has 1 heterocycles. The van der Waals surface area contributed by atoms with Crippen LogP contribution in [0.1, 0.15) is 21.6 Å². The van der Waals surface area contributed by atoms with Gasteiger partial charge in [-0.25, -0.2) is 5.32 Å². The van der Waals surface area contributed by atoms with Crippen LogP contribution in [0.2, 0.25) is 0 Å². The van der Waals surface area contributed by atoms with Crippen molar-refractivity contribution in [1.29, 1.82) is 0 Å². The zero-order valence-corrected chi connectivity index (χ0v) is 12.1. The summed E-state index contributed by atoms with van der Waals surface area (Å²) >= 11 is 1.73. The molecule has 0 fully saturated rings. The Morgan fingerprint density at radius 1 is 1.17 bits per heavy atom. The Morgan fingerprint density at radius 2 is 1.83 bits per heavy atom. The molecule has 2 nitrogen and oxygen atoms in total. The second kappa shape index (κ2) is 5.36. The molecule has 0 spiro atoms. The molecule has 0 aliphatic rings. The van der Waals surface area contributed by atoms with E-state index >= 15 is 0 Å². The maximum absolute atomic E-state index is 3.51. The van der Waals surface area contributed by atoms with Gasteiger partial charge in [-0.3, -0.25) is 4.99 Å². The lowest BCUT2D eigenvalue weighted by molar-refractivity contribution is -0.419. The number of amidine groups is 1. The van der Waals surface area contributed by atoms with E-state index in [4.69, 9.17) is 0 Å². The molecule has 0 saturated carbocycles. The quantitative estimate of drug-likeness (QED) is 0.628. The Hall–Kier alpha value is -1.61. The predicted octanol–water partition coefficient (Wildman–Crippen LogP) is 2.24. The minimum Gasteiger partial charge on any atom is -0.276 e. The monoisotopic (exact) mass is 259 g/mol. The molecular formula is C15H19N2S+. The van der Waals surface area contributed by atoms with Crippen LogP contribution in [-0.2, 0) is 0 Å². The SMILES string of the molecule is C[NH+]=C(Nc1c(C)cc(C)cc1C)c1cccs1. The van der Waals surface area contributed by atoms with Gasteiger partial charge in [-0.05, 0) is 43.3 Å². The summed E-state index contributed by atoms with van der Waals surface area (Å²) in [5.74, 6) is 1.06. The highest BCUT2D eigenvalue weighted by Crippen LogP contribution is 2.22. The summed E-state index contributed by atoms with van der Waals surface area (Å²) in [4.78, 5) is 4.46. The van der Waals surface area contributed by atoms with Crippen LogP contribution in [-0.4, -0.2) is 12.9 Å². The van der Waals surface area contributed by atoms with Gasteiger partial charge in [0.1, 0.15) is 10.6 Å². The largest absolute Gasteiger partial charge is 0.290 e. The number of nitrogens with one attached hydrogen (secondary N) is 2. The molecule has 0 amide bonds. The molecule has 2 rings (SSSR count). The summed E-state index contributed by atoms with van der Waals surface area (Å²) in [5, 5.41) is 5.60. The first-order chi connectivity index (χ1) is 8.61. The van der Waals surface area contributed by atoms with E-state index in [9.17, 15) is 0 Å². The molecule has 0 aliphatic heterocycles. The van der Waals surface area contributed by atoms with Crippen molar-refractivity contribution < 1.29 is 4.99 Å². The molecule has 0 atom stereocenters. The summed E-state index contributed by atoms with van der Waals surface area (Å²) in [6, 6.07) is 8.59. The average molecular weight is 259 g/mol. The van der Waals surface area contributed by atoms with Crippen LogP contribution in [0, 0.1) is 20.8 Å². The first kappa shape index (κ1) is 12.8. The van der Waals surface area contributed by atoms with Crippen molar-refractivity contribution in [3.05, 3.63) is 51.2 Å². The van der Waals surface area contributed by atoms with E-state index in [0.717, 1.165) is 5.84 Å². The standard InChI is InChI=1S/C15H18N2S/c1-10-8-11(2)14(12(3)9-10)17-15(16-4)13-6-5-7-18-13/h5-9H,1-4H3,(H,16,17)/p+1. The minimum atomic E-state index is 1.06. The van der Waals surface area contributed by atoms with Gasteiger partial charge >= 0.3 is 0 Å². The third-order valence-corrected chi connectivity index (χ3v) is 3.83. The lowest BCUT2D eigenvalue weighted by Crippen LogP contribution is -2.70. The number of hydrogen-bond acceptors (Lipinski definition) is 1. The molecule has 0 saturated heterocycles. The average Bonchev–Trinajstić information content (AvgIpc) is 2.81. The Kier molecular flexibility index (Phi) is 3.82. The van der Waals surface area contributed by atoms with Gasteiger partial charge in [0.2, 0.25) is 0 Å². The zero-order chi connectivity index (χ0) is 13.1. The maximum Gasteiger partial charge on any atom is 0.290 e. The molecule has 94 valence electrons. The molecular weight excluding hydrogens is 240 g/mol. The van der Waals surface area contributed by atoms with Crippen LogP contribution < -0.4 is 10.3 Å².